The Kier molecular flexibility index (Phi) is 9.09. The zero-order valence-corrected chi connectivity index (χ0v) is 11.4. The third-order valence-electron chi connectivity index (χ3n) is 3.07. The molecule has 1 atom stereocenters. The van der Waals surface area contributed by atoms with Gasteiger partial charge in [-0.25, -0.2) is 0 Å². The van der Waals surface area contributed by atoms with Crippen LogP contribution in [-0.2, 0) is 9.53 Å². The predicted molar refractivity (Wildman–Crippen MR) is 69.3 cm³/mol. The van der Waals surface area contributed by atoms with Crippen LogP contribution < -0.4 is 5.32 Å². The molecular weight excluding hydrogens is 218 g/mol. The van der Waals surface area contributed by atoms with Crippen molar-refractivity contribution in [1.82, 2.24) is 5.32 Å². The molecule has 0 aromatic heterocycles. The Morgan fingerprint density at radius 2 is 1.94 bits per heavy atom. The van der Waals surface area contributed by atoms with Crippen molar-refractivity contribution in [2.45, 2.75) is 57.9 Å². The van der Waals surface area contributed by atoms with Gasteiger partial charge in [-0.15, -0.1) is 0 Å². The SMILES string of the molecule is CCCCCCCC(C)(NCCOC)C(=O)O. The average molecular weight is 245 g/mol. The summed E-state index contributed by atoms with van der Waals surface area (Å²) in [6.07, 6.45) is 6.40. The van der Waals surface area contributed by atoms with Crippen molar-refractivity contribution < 1.29 is 14.6 Å². The van der Waals surface area contributed by atoms with Crippen molar-refractivity contribution in [2.75, 3.05) is 20.3 Å². The fourth-order valence-electron chi connectivity index (χ4n) is 1.78. The number of aliphatic carboxylic acids is 1. The van der Waals surface area contributed by atoms with Gasteiger partial charge in [-0.2, -0.15) is 0 Å². The molecule has 0 radical (unpaired) electrons. The minimum atomic E-state index is -0.815. The number of unbranched alkanes of at least 4 members (excludes halogenated alkanes) is 4. The van der Waals surface area contributed by atoms with Crippen molar-refractivity contribution in [3.05, 3.63) is 0 Å². The van der Waals surface area contributed by atoms with Gasteiger partial charge in [-0.3, -0.25) is 10.1 Å². The van der Waals surface area contributed by atoms with Crippen LogP contribution in [0.3, 0.4) is 0 Å². The summed E-state index contributed by atoms with van der Waals surface area (Å²) in [4.78, 5) is 11.2. The number of hydrogen-bond acceptors (Lipinski definition) is 3. The van der Waals surface area contributed by atoms with E-state index in [1.807, 2.05) is 0 Å². The lowest BCUT2D eigenvalue weighted by Crippen LogP contribution is -2.50. The summed E-state index contributed by atoms with van der Waals surface area (Å²) in [7, 11) is 1.62. The first-order valence-electron chi connectivity index (χ1n) is 6.54. The Labute approximate surface area is 105 Å². The van der Waals surface area contributed by atoms with E-state index < -0.39 is 11.5 Å². The van der Waals surface area contributed by atoms with Crippen LogP contribution in [0.5, 0.6) is 0 Å². The lowest BCUT2D eigenvalue weighted by Gasteiger charge is -2.26. The minimum absolute atomic E-state index is 0.540. The Balaban J connectivity index is 3.91. The van der Waals surface area contributed by atoms with Crippen LogP contribution in [0.1, 0.15) is 52.4 Å². The molecule has 102 valence electrons. The summed E-state index contributed by atoms with van der Waals surface area (Å²) >= 11 is 0. The van der Waals surface area contributed by atoms with Crippen molar-refractivity contribution in [1.29, 1.82) is 0 Å². The molecule has 0 saturated heterocycles. The van der Waals surface area contributed by atoms with E-state index in [1.165, 1.54) is 19.3 Å². The van der Waals surface area contributed by atoms with Crippen LogP contribution >= 0.6 is 0 Å². The van der Waals surface area contributed by atoms with E-state index in [2.05, 4.69) is 12.2 Å². The highest BCUT2D eigenvalue weighted by molar-refractivity contribution is 5.78. The van der Waals surface area contributed by atoms with E-state index in [0.717, 1.165) is 12.8 Å². The lowest BCUT2D eigenvalue weighted by molar-refractivity contribution is -0.144. The molecule has 4 nitrogen and oxygen atoms in total. The predicted octanol–water partition coefficient (Wildman–Crippen LogP) is 2.43. The molecule has 0 aliphatic rings. The zero-order chi connectivity index (χ0) is 13.1. The number of methoxy groups -OCH3 is 1. The first-order valence-corrected chi connectivity index (χ1v) is 6.54. The molecule has 0 fully saturated rings. The number of ether oxygens (including phenoxy) is 1. The van der Waals surface area contributed by atoms with Gasteiger partial charge < -0.3 is 9.84 Å². The maximum absolute atomic E-state index is 11.2. The van der Waals surface area contributed by atoms with E-state index in [9.17, 15) is 9.90 Å². The van der Waals surface area contributed by atoms with Gasteiger partial charge in [0.2, 0.25) is 0 Å². The van der Waals surface area contributed by atoms with Gasteiger partial charge in [0.25, 0.3) is 0 Å². The van der Waals surface area contributed by atoms with Crippen LogP contribution in [0.15, 0.2) is 0 Å². The summed E-state index contributed by atoms with van der Waals surface area (Å²) in [5, 5.41) is 12.3. The Morgan fingerprint density at radius 3 is 2.47 bits per heavy atom. The van der Waals surface area contributed by atoms with Gasteiger partial charge in [-0.05, 0) is 13.3 Å². The second-order valence-electron chi connectivity index (χ2n) is 4.72. The van der Waals surface area contributed by atoms with E-state index in [4.69, 9.17) is 4.74 Å². The number of rotatable bonds is 11. The number of carboxylic acid groups (broad SMARTS) is 1. The minimum Gasteiger partial charge on any atom is -0.480 e. The van der Waals surface area contributed by atoms with Gasteiger partial charge in [0, 0.05) is 13.7 Å². The summed E-state index contributed by atoms with van der Waals surface area (Å²) in [6.45, 7) is 5.05. The number of carboxylic acids is 1. The van der Waals surface area contributed by atoms with Gasteiger partial charge >= 0.3 is 5.97 Å². The second-order valence-corrected chi connectivity index (χ2v) is 4.72. The molecule has 0 rings (SSSR count). The van der Waals surface area contributed by atoms with Crippen LogP contribution in [0.2, 0.25) is 0 Å². The number of carbonyl (C=O) groups is 1. The van der Waals surface area contributed by atoms with Crippen LogP contribution in [0.25, 0.3) is 0 Å². The second kappa shape index (κ2) is 9.42. The molecule has 0 aliphatic carbocycles. The fourth-order valence-corrected chi connectivity index (χ4v) is 1.78. The fraction of sp³-hybridized carbons (Fsp3) is 0.923. The van der Waals surface area contributed by atoms with Gasteiger partial charge in [-0.1, -0.05) is 39.0 Å². The summed E-state index contributed by atoms with van der Waals surface area (Å²) in [6, 6.07) is 0. The first kappa shape index (κ1) is 16.4. The Bertz CT molecular complexity index is 209. The first-order chi connectivity index (χ1) is 8.06. The van der Waals surface area contributed by atoms with Crippen molar-refractivity contribution in [3.63, 3.8) is 0 Å². The van der Waals surface area contributed by atoms with Crippen LogP contribution in [-0.4, -0.2) is 36.9 Å². The highest BCUT2D eigenvalue weighted by atomic mass is 16.5. The van der Waals surface area contributed by atoms with E-state index in [-0.39, 0.29) is 0 Å². The van der Waals surface area contributed by atoms with Crippen molar-refractivity contribution in [2.24, 2.45) is 0 Å². The van der Waals surface area contributed by atoms with E-state index >= 15 is 0 Å². The summed E-state index contributed by atoms with van der Waals surface area (Å²) in [5.74, 6) is -0.774. The molecule has 17 heavy (non-hydrogen) atoms. The number of nitrogens with one attached hydrogen (secondary N) is 1. The van der Waals surface area contributed by atoms with Crippen LogP contribution in [0.4, 0.5) is 0 Å². The molecular formula is C13H27NO3. The number of hydrogen-bond donors (Lipinski definition) is 2. The Hall–Kier alpha value is -0.610. The maximum atomic E-state index is 11.2. The quantitative estimate of drug-likeness (QED) is 0.549. The highest BCUT2D eigenvalue weighted by Gasteiger charge is 2.31. The molecule has 0 aromatic carbocycles. The lowest BCUT2D eigenvalue weighted by atomic mass is 9.94. The average Bonchev–Trinajstić information content (AvgIpc) is 2.29. The normalized spacial score (nSPS) is 14.5. The molecule has 0 heterocycles. The summed E-state index contributed by atoms with van der Waals surface area (Å²) in [5.41, 5.74) is -0.815. The molecule has 0 saturated carbocycles. The molecule has 0 spiro atoms. The third kappa shape index (κ3) is 7.34. The monoisotopic (exact) mass is 245 g/mol. The van der Waals surface area contributed by atoms with Gasteiger partial charge in [0.05, 0.1) is 6.61 Å². The van der Waals surface area contributed by atoms with Crippen molar-refractivity contribution >= 4 is 5.97 Å². The molecule has 0 aromatic rings. The van der Waals surface area contributed by atoms with Crippen LogP contribution in [0, 0.1) is 0 Å². The van der Waals surface area contributed by atoms with E-state index in [1.54, 1.807) is 14.0 Å². The van der Waals surface area contributed by atoms with E-state index in [0.29, 0.717) is 19.6 Å². The molecule has 2 N–H and O–H groups in total. The molecule has 1 unspecified atom stereocenters. The topological polar surface area (TPSA) is 58.6 Å². The largest absolute Gasteiger partial charge is 0.480 e. The van der Waals surface area contributed by atoms with Gasteiger partial charge in [0.1, 0.15) is 5.54 Å². The summed E-state index contributed by atoms with van der Waals surface area (Å²) < 4.78 is 4.92. The molecule has 0 amide bonds. The van der Waals surface area contributed by atoms with Gasteiger partial charge in [0.15, 0.2) is 0 Å². The Morgan fingerprint density at radius 1 is 1.29 bits per heavy atom. The maximum Gasteiger partial charge on any atom is 0.323 e. The highest BCUT2D eigenvalue weighted by Crippen LogP contribution is 2.16. The molecule has 4 heteroatoms. The smallest absolute Gasteiger partial charge is 0.323 e. The molecule has 0 bridgehead atoms. The molecule has 0 aliphatic heterocycles. The van der Waals surface area contributed by atoms with Crippen molar-refractivity contribution in [3.8, 4) is 0 Å². The third-order valence-corrected chi connectivity index (χ3v) is 3.07. The zero-order valence-electron chi connectivity index (χ0n) is 11.4. The standard InChI is InChI=1S/C13H27NO3/c1-4-5-6-7-8-9-13(2,12(15)16)14-10-11-17-3/h14H,4-11H2,1-3H3,(H,15,16).